The molecule has 0 spiro atoms. The van der Waals surface area contributed by atoms with E-state index in [0.717, 1.165) is 5.56 Å². The summed E-state index contributed by atoms with van der Waals surface area (Å²) in [7, 11) is 1.41. The fourth-order valence-corrected chi connectivity index (χ4v) is 2.86. The average Bonchev–Trinajstić information content (AvgIpc) is 2.72. The van der Waals surface area contributed by atoms with E-state index in [1.54, 1.807) is 24.3 Å². The van der Waals surface area contributed by atoms with E-state index in [1.165, 1.54) is 25.3 Å². The standard InChI is InChI=1S/C21H18ClN3O6/c1-11-3-5-13(9-15(11)22)23-18(26)10-31-16-6-4-12(8-17(16)30-2)7-14-19(27)24-21(29)25-20(14)28/h3-9H,10H2,1-2H3,(H,23,26)(H2,24,25,27,28,29). The molecular formula is C21H18ClN3O6. The van der Waals surface area contributed by atoms with Crippen molar-refractivity contribution in [3.05, 3.63) is 58.1 Å². The zero-order chi connectivity index (χ0) is 22.5. The van der Waals surface area contributed by atoms with Crippen LogP contribution in [0.5, 0.6) is 11.5 Å². The molecule has 0 aliphatic carbocycles. The Bertz CT molecular complexity index is 1090. The summed E-state index contributed by atoms with van der Waals surface area (Å²) in [5.74, 6) is -1.43. The first kappa shape index (κ1) is 21.8. The van der Waals surface area contributed by atoms with Gasteiger partial charge in [-0.2, -0.15) is 0 Å². The quantitative estimate of drug-likeness (QED) is 0.465. The molecule has 0 unspecified atom stereocenters. The molecule has 1 heterocycles. The fourth-order valence-electron chi connectivity index (χ4n) is 2.68. The zero-order valence-electron chi connectivity index (χ0n) is 16.6. The Balaban J connectivity index is 1.68. The molecule has 0 aromatic heterocycles. The van der Waals surface area contributed by atoms with Gasteiger partial charge in [0, 0.05) is 10.7 Å². The number of amides is 5. The van der Waals surface area contributed by atoms with E-state index in [1.807, 2.05) is 17.6 Å². The highest BCUT2D eigenvalue weighted by molar-refractivity contribution is 6.32. The molecule has 2 aromatic rings. The molecule has 0 radical (unpaired) electrons. The lowest BCUT2D eigenvalue weighted by Gasteiger charge is -2.15. The molecule has 3 rings (SSSR count). The highest BCUT2D eigenvalue weighted by Crippen LogP contribution is 2.29. The molecule has 31 heavy (non-hydrogen) atoms. The van der Waals surface area contributed by atoms with Gasteiger partial charge in [0.05, 0.1) is 7.11 Å². The molecule has 0 bridgehead atoms. The van der Waals surface area contributed by atoms with Gasteiger partial charge in [0.2, 0.25) is 0 Å². The second-order valence-corrected chi connectivity index (χ2v) is 6.91. The van der Waals surface area contributed by atoms with Crippen molar-refractivity contribution in [3.63, 3.8) is 0 Å². The van der Waals surface area contributed by atoms with Crippen molar-refractivity contribution < 1.29 is 28.7 Å². The summed E-state index contributed by atoms with van der Waals surface area (Å²) < 4.78 is 10.8. The first-order chi connectivity index (χ1) is 14.8. The number of carbonyl (C=O) groups is 4. The molecule has 1 saturated heterocycles. The second-order valence-electron chi connectivity index (χ2n) is 6.51. The molecule has 9 nitrogen and oxygen atoms in total. The Kier molecular flexibility index (Phi) is 6.56. The number of anilines is 1. The molecule has 1 aliphatic heterocycles. The van der Waals surface area contributed by atoms with Crippen LogP contribution in [0.4, 0.5) is 10.5 Å². The van der Waals surface area contributed by atoms with Crippen molar-refractivity contribution in [2.45, 2.75) is 6.92 Å². The number of nitrogens with one attached hydrogen (secondary N) is 3. The molecule has 1 fully saturated rings. The Morgan fingerprint density at radius 2 is 1.77 bits per heavy atom. The molecule has 2 aromatic carbocycles. The fraction of sp³-hybridized carbons (Fsp3) is 0.143. The van der Waals surface area contributed by atoms with E-state index < -0.39 is 23.8 Å². The maximum Gasteiger partial charge on any atom is 0.328 e. The van der Waals surface area contributed by atoms with E-state index in [4.69, 9.17) is 21.1 Å². The number of ether oxygens (including phenoxy) is 2. The van der Waals surface area contributed by atoms with Gasteiger partial charge in [0.15, 0.2) is 18.1 Å². The van der Waals surface area contributed by atoms with Crippen molar-refractivity contribution >= 4 is 47.1 Å². The van der Waals surface area contributed by atoms with Crippen LogP contribution in [0, 0.1) is 6.92 Å². The van der Waals surface area contributed by atoms with E-state index >= 15 is 0 Å². The monoisotopic (exact) mass is 443 g/mol. The van der Waals surface area contributed by atoms with Gasteiger partial charge in [0.1, 0.15) is 5.57 Å². The largest absolute Gasteiger partial charge is 0.493 e. The number of hydrogen-bond acceptors (Lipinski definition) is 6. The summed E-state index contributed by atoms with van der Waals surface area (Å²) in [5, 5.41) is 7.20. The number of hydrogen-bond donors (Lipinski definition) is 3. The summed E-state index contributed by atoms with van der Waals surface area (Å²) in [5.41, 5.74) is 1.66. The lowest BCUT2D eigenvalue weighted by molar-refractivity contribution is -0.124. The second kappa shape index (κ2) is 9.31. The normalized spacial score (nSPS) is 13.3. The SMILES string of the molecule is COc1cc(C=C2C(=O)NC(=O)NC2=O)ccc1OCC(=O)Nc1ccc(C)c(Cl)c1. The van der Waals surface area contributed by atoms with Gasteiger partial charge in [0.25, 0.3) is 17.7 Å². The maximum absolute atomic E-state index is 12.2. The number of aryl methyl sites for hydroxylation is 1. The minimum Gasteiger partial charge on any atom is -0.493 e. The summed E-state index contributed by atoms with van der Waals surface area (Å²) >= 11 is 6.05. The number of barbiturate groups is 1. The van der Waals surface area contributed by atoms with Crippen LogP contribution in [0.2, 0.25) is 5.02 Å². The van der Waals surface area contributed by atoms with E-state index in [2.05, 4.69) is 5.32 Å². The van der Waals surface area contributed by atoms with Crippen LogP contribution >= 0.6 is 11.6 Å². The predicted octanol–water partition coefficient (Wildman–Crippen LogP) is 2.42. The van der Waals surface area contributed by atoms with Crippen molar-refractivity contribution in [1.29, 1.82) is 0 Å². The molecule has 160 valence electrons. The summed E-state index contributed by atoms with van der Waals surface area (Å²) in [4.78, 5) is 47.0. The number of methoxy groups -OCH3 is 1. The number of imide groups is 2. The Labute approximate surface area is 182 Å². The van der Waals surface area contributed by atoms with Crippen LogP contribution in [0.3, 0.4) is 0 Å². The number of halogens is 1. The summed E-state index contributed by atoms with van der Waals surface area (Å²) in [6, 6.07) is 8.91. The van der Waals surface area contributed by atoms with Gasteiger partial charge in [-0.25, -0.2) is 4.79 Å². The molecular weight excluding hydrogens is 426 g/mol. The Morgan fingerprint density at radius 1 is 1.06 bits per heavy atom. The van der Waals surface area contributed by atoms with Gasteiger partial charge < -0.3 is 14.8 Å². The minimum absolute atomic E-state index is 0.230. The summed E-state index contributed by atoms with van der Waals surface area (Å²) in [6.07, 6.45) is 1.30. The average molecular weight is 444 g/mol. The van der Waals surface area contributed by atoms with Gasteiger partial charge >= 0.3 is 6.03 Å². The topological polar surface area (TPSA) is 123 Å². The van der Waals surface area contributed by atoms with Crippen LogP contribution in [-0.4, -0.2) is 37.5 Å². The smallest absolute Gasteiger partial charge is 0.328 e. The first-order valence-corrected chi connectivity index (χ1v) is 9.40. The highest BCUT2D eigenvalue weighted by atomic mass is 35.5. The van der Waals surface area contributed by atoms with Gasteiger partial charge in [-0.15, -0.1) is 0 Å². The minimum atomic E-state index is -0.875. The van der Waals surface area contributed by atoms with Gasteiger partial charge in [-0.05, 0) is 48.4 Å². The van der Waals surface area contributed by atoms with Crippen LogP contribution < -0.4 is 25.4 Å². The van der Waals surface area contributed by atoms with E-state index in [9.17, 15) is 19.2 Å². The van der Waals surface area contributed by atoms with Crippen molar-refractivity contribution in [1.82, 2.24) is 10.6 Å². The van der Waals surface area contributed by atoms with Crippen molar-refractivity contribution in [2.75, 3.05) is 19.0 Å². The Morgan fingerprint density at radius 3 is 2.42 bits per heavy atom. The third-order valence-corrected chi connectivity index (χ3v) is 4.66. The van der Waals surface area contributed by atoms with Crippen LogP contribution in [0.15, 0.2) is 42.0 Å². The third-order valence-electron chi connectivity index (χ3n) is 4.26. The van der Waals surface area contributed by atoms with Crippen LogP contribution in [0.25, 0.3) is 6.08 Å². The molecule has 5 amide bonds. The number of rotatable bonds is 6. The van der Waals surface area contributed by atoms with Gasteiger partial charge in [-0.3, -0.25) is 25.0 Å². The number of carbonyl (C=O) groups excluding carboxylic acids is 4. The lowest BCUT2D eigenvalue weighted by atomic mass is 10.1. The summed E-state index contributed by atoms with van der Waals surface area (Å²) in [6.45, 7) is 1.57. The number of benzene rings is 2. The first-order valence-electron chi connectivity index (χ1n) is 9.02. The van der Waals surface area contributed by atoms with Crippen molar-refractivity contribution in [2.24, 2.45) is 0 Å². The molecule has 3 N–H and O–H groups in total. The highest BCUT2D eigenvalue weighted by Gasteiger charge is 2.27. The molecule has 1 aliphatic rings. The van der Waals surface area contributed by atoms with Gasteiger partial charge in [-0.1, -0.05) is 23.7 Å². The molecule has 0 saturated carbocycles. The zero-order valence-corrected chi connectivity index (χ0v) is 17.3. The maximum atomic E-state index is 12.2. The van der Waals surface area contributed by atoms with E-state index in [-0.39, 0.29) is 23.7 Å². The lowest BCUT2D eigenvalue weighted by Crippen LogP contribution is -2.51. The number of urea groups is 1. The van der Waals surface area contributed by atoms with E-state index in [0.29, 0.717) is 16.3 Å². The van der Waals surface area contributed by atoms with Crippen LogP contribution in [0.1, 0.15) is 11.1 Å². The third kappa shape index (κ3) is 5.40. The Hall–Kier alpha value is -3.85. The van der Waals surface area contributed by atoms with Crippen molar-refractivity contribution in [3.8, 4) is 11.5 Å². The predicted molar refractivity (Wildman–Crippen MR) is 113 cm³/mol. The van der Waals surface area contributed by atoms with Crippen LogP contribution in [-0.2, 0) is 14.4 Å². The molecule has 0 atom stereocenters. The molecule has 10 heteroatoms.